The Balaban J connectivity index is 1.33. The Labute approximate surface area is 211 Å². The first-order valence-electron chi connectivity index (χ1n) is 11.4. The smallest absolute Gasteiger partial charge is 0.335 e. The quantitative estimate of drug-likeness (QED) is 0.269. The average molecular weight is 530 g/mol. The SMILES string of the molecule is CNS(=O)(=O)O[C@@H]1C[C@@H](Nc2ncncc2C(=O)c2ccn(Cc3cccc4nccn34)c2)[C@@H](F)[C@@H]1O. The van der Waals surface area contributed by atoms with E-state index < -0.39 is 34.7 Å². The Bertz CT molecular complexity index is 1540. The first-order chi connectivity index (χ1) is 17.8. The first-order valence-corrected chi connectivity index (χ1v) is 12.8. The summed E-state index contributed by atoms with van der Waals surface area (Å²) in [6.45, 7) is 0.498. The number of hydrogen-bond acceptors (Lipinski definition) is 9. The zero-order valence-corrected chi connectivity index (χ0v) is 20.4. The van der Waals surface area contributed by atoms with Gasteiger partial charge in [-0.2, -0.15) is 13.1 Å². The van der Waals surface area contributed by atoms with Gasteiger partial charge in [0.15, 0.2) is 5.78 Å². The van der Waals surface area contributed by atoms with Gasteiger partial charge in [-0.3, -0.25) is 8.98 Å². The zero-order valence-electron chi connectivity index (χ0n) is 19.6. The van der Waals surface area contributed by atoms with Crippen LogP contribution in [0.4, 0.5) is 10.2 Å². The molecule has 1 aliphatic rings. The van der Waals surface area contributed by atoms with Crippen molar-refractivity contribution in [2.24, 2.45) is 0 Å². The van der Waals surface area contributed by atoms with E-state index in [0.29, 0.717) is 12.1 Å². The van der Waals surface area contributed by atoms with Gasteiger partial charge in [-0.15, -0.1) is 0 Å². The van der Waals surface area contributed by atoms with Crippen LogP contribution in [0, 0.1) is 0 Å². The van der Waals surface area contributed by atoms with Crippen molar-refractivity contribution < 1.29 is 26.9 Å². The van der Waals surface area contributed by atoms with E-state index in [1.807, 2.05) is 38.1 Å². The number of carbonyl (C=O) groups excluding carboxylic acids is 1. The predicted molar refractivity (Wildman–Crippen MR) is 130 cm³/mol. The van der Waals surface area contributed by atoms with Crippen molar-refractivity contribution in [3.8, 4) is 0 Å². The number of pyridine rings is 1. The number of imidazole rings is 1. The van der Waals surface area contributed by atoms with E-state index in [0.717, 1.165) is 18.4 Å². The van der Waals surface area contributed by atoms with Crippen LogP contribution in [0.15, 0.2) is 61.6 Å². The second kappa shape index (κ2) is 9.97. The molecule has 4 atom stereocenters. The van der Waals surface area contributed by atoms with Crippen LogP contribution < -0.4 is 10.0 Å². The van der Waals surface area contributed by atoms with E-state index in [9.17, 15) is 22.7 Å². The van der Waals surface area contributed by atoms with Crippen molar-refractivity contribution in [2.45, 2.75) is 37.4 Å². The molecule has 4 aromatic heterocycles. The summed E-state index contributed by atoms with van der Waals surface area (Å²) in [6, 6.07) is 6.39. The number of nitrogens with zero attached hydrogens (tertiary/aromatic N) is 5. The van der Waals surface area contributed by atoms with Gasteiger partial charge in [-0.1, -0.05) is 6.07 Å². The van der Waals surface area contributed by atoms with Crippen molar-refractivity contribution in [1.82, 2.24) is 28.6 Å². The fourth-order valence-electron chi connectivity index (χ4n) is 4.35. The molecule has 0 aromatic carbocycles. The maximum Gasteiger partial charge on any atom is 0.335 e. The number of carbonyl (C=O) groups is 1. The van der Waals surface area contributed by atoms with Crippen LogP contribution in [0.2, 0.25) is 0 Å². The van der Waals surface area contributed by atoms with E-state index in [2.05, 4.69) is 20.3 Å². The molecule has 37 heavy (non-hydrogen) atoms. The lowest BCUT2D eigenvalue weighted by molar-refractivity contribution is 0.0248. The molecule has 1 fully saturated rings. The molecule has 1 saturated carbocycles. The Hall–Kier alpha value is -3.72. The van der Waals surface area contributed by atoms with Gasteiger partial charge in [0.25, 0.3) is 0 Å². The zero-order chi connectivity index (χ0) is 26.2. The molecule has 0 aliphatic heterocycles. The third-order valence-corrected chi connectivity index (χ3v) is 7.23. The van der Waals surface area contributed by atoms with Crippen molar-refractivity contribution in [2.75, 3.05) is 12.4 Å². The maximum atomic E-state index is 14.8. The monoisotopic (exact) mass is 529 g/mol. The van der Waals surface area contributed by atoms with Gasteiger partial charge in [-0.05, 0) is 18.2 Å². The fourth-order valence-corrected chi connectivity index (χ4v) is 4.96. The topological polar surface area (TPSA) is 153 Å². The van der Waals surface area contributed by atoms with E-state index in [4.69, 9.17) is 4.18 Å². The van der Waals surface area contributed by atoms with Crippen molar-refractivity contribution in [3.05, 3.63) is 78.4 Å². The summed E-state index contributed by atoms with van der Waals surface area (Å²) in [4.78, 5) is 25.6. The van der Waals surface area contributed by atoms with E-state index >= 15 is 0 Å². The molecule has 0 spiro atoms. The summed E-state index contributed by atoms with van der Waals surface area (Å²) in [5, 5.41) is 13.0. The normalized spacial score (nSPS) is 21.9. The van der Waals surface area contributed by atoms with Gasteiger partial charge in [0.05, 0.1) is 18.2 Å². The number of aromatic nitrogens is 5. The second-order valence-electron chi connectivity index (χ2n) is 8.57. The molecule has 0 unspecified atom stereocenters. The van der Waals surface area contributed by atoms with Gasteiger partial charge in [-0.25, -0.2) is 19.3 Å². The minimum absolute atomic E-state index is 0.0629. The highest BCUT2D eigenvalue weighted by atomic mass is 32.2. The summed E-state index contributed by atoms with van der Waals surface area (Å²) in [6.07, 6.45) is 4.55. The lowest BCUT2D eigenvalue weighted by Crippen LogP contribution is -2.35. The Morgan fingerprint density at radius 2 is 2.11 bits per heavy atom. The number of aliphatic hydroxyl groups excluding tert-OH is 1. The Kier molecular flexibility index (Phi) is 6.72. The molecule has 1 aliphatic carbocycles. The molecule has 12 nitrogen and oxygen atoms in total. The lowest BCUT2D eigenvalue weighted by Gasteiger charge is -2.17. The largest absolute Gasteiger partial charge is 0.387 e. The number of alkyl halides is 1. The number of rotatable bonds is 9. The fraction of sp³-hybridized carbons (Fsp3) is 0.304. The second-order valence-corrected chi connectivity index (χ2v) is 10.1. The molecule has 5 rings (SSSR count). The van der Waals surface area contributed by atoms with Crippen LogP contribution in [0.3, 0.4) is 0 Å². The number of nitrogens with one attached hydrogen (secondary N) is 2. The highest BCUT2D eigenvalue weighted by Crippen LogP contribution is 2.30. The molecule has 0 bridgehead atoms. The molecule has 0 saturated heterocycles. The summed E-state index contributed by atoms with van der Waals surface area (Å²) < 4.78 is 48.8. The van der Waals surface area contributed by atoms with E-state index in [1.165, 1.54) is 12.5 Å². The van der Waals surface area contributed by atoms with Crippen LogP contribution in [0.25, 0.3) is 5.65 Å². The number of ketones is 1. The Morgan fingerprint density at radius 3 is 2.92 bits per heavy atom. The van der Waals surface area contributed by atoms with Crippen molar-refractivity contribution >= 4 is 27.6 Å². The van der Waals surface area contributed by atoms with Crippen LogP contribution in [0.1, 0.15) is 28.0 Å². The molecule has 14 heteroatoms. The number of fused-ring (bicyclic) bond motifs is 1. The van der Waals surface area contributed by atoms with Gasteiger partial charge in [0.1, 0.15) is 36.2 Å². The summed E-state index contributed by atoms with van der Waals surface area (Å²) >= 11 is 0. The van der Waals surface area contributed by atoms with Crippen molar-refractivity contribution in [1.29, 1.82) is 0 Å². The van der Waals surface area contributed by atoms with Crippen LogP contribution in [-0.2, 0) is 21.0 Å². The highest BCUT2D eigenvalue weighted by Gasteiger charge is 2.46. The third-order valence-electron chi connectivity index (χ3n) is 6.23. The lowest BCUT2D eigenvalue weighted by atomic mass is 10.1. The van der Waals surface area contributed by atoms with E-state index in [1.54, 1.807) is 24.7 Å². The highest BCUT2D eigenvalue weighted by molar-refractivity contribution is 7.84. The molecular weight excluding hydrogens is 505 g/mol. The van der Waals surface area contributed by atoms with Gasteiger partial charge < -0.3 is 19.4 Å². The average Bonchev–Trinajstić information content (AvgIpc) is 3.62. The number of anilines is 1. The van der Waals surface area contributed by atoms with Crippen LogP contribution in [-0.4, -0.2) is 74.7 Å². The Morgan fingerprint density at radius 1 is 1.27 bits per heavy atom. The summed E-state index contributed by atoms with van der Waals surface area (Å²) in [5.41, 5.74) is 2.27. The molecular formula is C23H24FN7O5S. The number of hydrogen-bond donors (Lipinski definition) is 3. The molecule has 4 aromatic rings. The van der Waals surface area contributed by atoms with Gasteiger partial charge >= 0.3 is 10.3 Å². The third kappa shape index (κ3) is 5.09. The van der Waals surface area contributed by atoms with Crippen molar-refractivity contribution in [3.63, 3.8) is 0 Å². The maximum absolute atomic E-state index is 14.8. The van der Waals surface area contributed by atoms with Gasteiger partial charge in [0, 0.05) is 55.7 Å². The molecule has 0 radical (unpaired) electrons. The van der Waals surface area contributed by atoms with Crippen LogP contribution in [0.5, 0.6) is 0 Å². The number of aliphatic hydroxyl groups is 1. The summed E-state index contributed by atoms with van der Waals surface area (Å²) in [7, 11) is -2.99. The van der Waals surface area contributed by atoms with Crippen LogP contribution >= 0.6 is 0 Å². The molecule has 194 valence electrons. The minimum Gasteiger partial charge on any atom is -0.387 e. The molecule has 4 heterocycles. The summed E-state index contributed by atoms with van der Waals surface area (Å²) in [5.74, 6) is -0.324. The number of halogens is 1. The first kappa shape index (κ1) is 25.0. The predicted octanol–water partition coefficient (Wildman–Crippen LogP) is 0.938. The molecule has 3 N–H and O–H groups in total. The molecule has 0 amide bonds. The standard InChI is InChI=1S/C23H24FN7O5S/c1-25-37(34,35)36-18-9-17(20(24)22(18)33)29-23-16(10-26-13-28-23)21(32)14-5-7-30(11-14)12-15-3-2-4-19-27-6-8-31(15)19/h2-8,10-11,13,17-18,20,22,25,33H,9,12H2,1H3,(H,26,28,29)/t17-,18-,20-,22-/m1/s1. The van der Waals surface area contributed by atoms with Gasteiger partial charge in [0.2, 0.25) is 0 Å². The minimum atomic E-state index is -4.13. The van der Waals surface area contributed by atoms with E-state index in [-0.39, 0.29) is 23.6 Å².